The maximum atomic E-state index is 5.84. The van der Waals surface area contributed by atoms with E-state index in [4.69, 9.17) is 14.2 Å². The van der Waals surface area contributed by atoms with Crippen LogP contribution < -0.4 is 0 Å². The molecule has 0 bridgehead atoms. The molecule has 3 heteroatoms. The Balaban J connectivity index is 0.981. The van der Waals surface area contributed by atoms with Gasteiger partial charge in [0.2, 0.25) is 0 Å². The number of epoxide rings is 3. The molecule has 0 amide bonds. The molecule has 3 nitrogen and oxygen atoms in total. The zero-order valence-corrected chi connectivity index (χ0v) is 18.8. The van der Waals surface area contributed by atoms with E-state index in [1.165, 1.54) is 96.3 Å². The van der Waals surface area contributed by atoms with Gasteiger partial charge in [-0.05, 0) is 132 Å². The average molecular weight is 415 g/mol. The summed E-state index contributed by atoms with van der Waals surface area (Å²) in [5, 5.41) is 0. The van der Waals surface area contributed by atoms with Gasteiger partial charge in [0.25, 0.3) is 0 Å². The van der Waals surface area contributed by atoms with Gasteiger partial charge in [-0.15, -0.1) is 0 Å². The SMILES string of the molecule is C1CC2OC2CC1CC1CC(CC2CCC3OC3C2)CC(CC2CCC3OC3C2)C1. The first kappa shape index (κ1) is 19.4. The molecule has 3 aliphatic heterocycles. The van der Waals surface area contributed by atoms with Crippen molar-refractivity contribution >= 4 is 0 Å². The fourth-order valence-corrected chi connectivity index (χ4v) is 8.80. The first-order valence-corrected chi connectivity index (χ1v) is 13.7. The Labute approximate surface area is 183 Å². The topological polar surface area (TPSA) is 37.6 Å². The highest BCUT2D eigenvalue weighted by atomic mass is 16.6. The minimum atomic E-state index is 0.654. The molecular formula is C27H42O3. The van der Waals surface area contributed by atoms with Gasteiger partial charge in [0.1, 0.15) is 0 Å². The summed E-state index contributed by atoms with van der Waals surface area (Å²) < 4.78 is 17.5. The summed E-state index contributed by atoms with van der Waals surface area (Å²) in [5.74, 6) is 5.87. The summed E-state index contributed by atoms with van der Waals surface area (Å²) in [7, 11) is 0. The lowest BCUT2D eigenvalue weighted by molar-refractivity contribution is 0.117. The van der Waals surface area contributed by atoms with Crippen molar-refractivity contribution in [3.05, 3.63) is 0 Å². The molecule has 0 N–H and O–H groups in total. The largest absolute Gasteiger partial charge is 0.370 e. The lowest BCUT2D eigenvalue weighted by Gasteiger charge is -2.40. The maximum absolute atomic E-state index is 5.84. The quantitative estimate of drug-likeness (QED) is 0.508. The van der Waals surface area contributed by atoms with Gasteiger partial charge < -0.3 is 14.2 Å². The van der Waals surface area contributed by atoms with E-state index in [1.807, 2.05) is 0 Å². The van der Waals surface area contributed by atoms with Gasteiger partial charge in [-0.25, -0.2) is 0 Å². The van der Waals surface area contributed by atoms with Crippen LogP contribution in [0.3, 0.4) is 0 Å². The van der Waals surface area contributed by atoms with Crippen molar-refractivity contribution in [1.29, 1.82) is 0 Å². The first-order chi connectivity index (χ1) is 14.7. The van der Waals surface area contributed by atoms with Crippen LogP contribution in [0.4, 0.5) is 0 Å². The summed E-state index contributed by atoms with van der Waals surface area (Å²) in [4.78, 5) is 0. The van der Waals surface area contributed by atoms with Crippen molar-refractivity contribution in [3.8, 4) is 0 Å². The number of hydrogen-bond donors (Lipinski definition) is 0. The second-order valence-corrected chi connectivity index (χ2v) is 12.7. The van der Waals surface area contributed by atoms with E-state index >= 15 is 0 Å². The van der Waals surface area contributed by atoms with Crippen molar-refractivity contribution in [1.82, 2.24) is 0 Å². The van der Waals surface area contributed by atoms with Crippen LogP contribution in [0.25, 0.3) is 0 Å². The predicted octanol–water partition coefficient (Wildman–Crippen LogP) is 5.89. The minimum absolute atomic E-state index is 0.654. The van der Waals surface area contributed by atoms with Gasteiger partial charge in [-0.2, -0.15) is 0 Å². The summed E-state index contributed by atoms with van der Waals surface area (Å²) >= 11 is 0. The molecule has 3 saturated heterocycles. The minimum Gasteiger partial charge on any atom is -0.370 e. The van der Waals surface area contributed by atoms with E-state index in [2.05, 4.69) is 0 Å². The molecule has 168 valence electrons. The number of hydrogen-bond acceptors (Lipinski definition) is 3. The van der Waals surface area contributed by atoms with Gasteiger partial charge in [-0.3, -0.25) is 0 Å². The van der Waals surface area contributed by atoms with E-state index in [1.54, 1.807) is 0 Å². The Bertz CT molecular complexity index is 544. The Morgan fingerprint density at radius 2 is 0.667 bits per heavy atom. The second kappa shape index (κ2) is 7.73. The fourth-order valence-electron chi connectivity index (χ4n) is 8.80. The second-order valence-electron chi connectivity index (χ2n) is 12.7. The molecule has 4 saturated carbocycles. The predicted molar refractivity (Wildman–Crippen MR) is 116 cm³/mol. The van der Waals surface area contributed by atoms with Gasteiger partial charge in [0, 0.05) is 0 Å². The fraction of sp³-hybridized carbons (Fsp3) is 1.00. The molecule has 0 aromatic rings. The lowest BCUT2D eigenvalue weighted by atomic mass is 9.65. The average Bonchev–Trinajstić information content (AvgIpc) is 3.61. The molecule has 4 aliphatic carbocycles. The Kier molecular flexibility index (Phi) is 4.99. The standard InChI is InChI=1S/C27H42O3/c1-4-22-25(28-22)13-16(1)7-19-10-20(8-17-2-5-23-26(14-17)29-23)12-21(11-19)9-18-3-6-24-27(15-18)30-24/h16-27H,1-15H2. The number of ether oxygens (including phenoxy) is 3. The van der Waals surface area contributed by atoms with E-state index in [-0.39, 0.29) is 0 Å². The van der Waals surface area contributed by atoms with Crippen molar-refractivity contribution in [2.24, 2.45) is 35.5 Å². The maximum Gasteiger partial charge on any atom is 0.0844 e. The van der Waals surface area contributed by atoms with Gasteiger partial charge in [0.05, 0.1) is 36.6 Å². The van der Waals surface area contributed by atoms with Crippen LogP contribution in [-0.4, -0.2) is 36.6 Å². The van der Waals surface area contributed by atoms with Crippen LogP contribution in [0, 0.1) is 35.5 Å². The van der Waals surface area contributed by atoms with Gasteiger partial charge in [0.15, 0.2) is 0 Å². The highest BCUT2D eigenvalue weighted by Gasteiger charge is 2.47. The first-order valence-electron chi connectivity index (χ1n) is 13.7. The van der Waals surface area contributed by atoms with E-state index < -0.39 is 0 Å². The highest BCUT2D eigenvalue weighted by Crippen LogP contribution is 2.50. The Morgan fingerprint density at radius 3 is 0.967 bits per heavy atom. The molecule has 7 aliphatic rings. The van der Waals surface area contributed by atoms with Crippen molar-refractivity contribution in [2.75, 3.05) is 0 Å². The van der Waals surface area contributed by atoms with E-state index in [0.29, 0.717) is 36.6 Å². The third-order valence-electron chi connectivity index (χ3n) is 10.3. The molecular weight excluding hydrogens is 372 g/mol. The number of fused-ring (bicyclic) bond motifs is 3. The molecule has 0 radical (unpaired) electrons. The van der Waals surface area contributed by atoms with Crippen LogP contribution in [0.2, 0.25) is 0 Å². The molecule has 9 unspecified atom stereocenters. The van der Waals surface area contributed by atoms with Crippen LogP contribution in [0.15, 0.2) is 0 Å². The van der Waals surface area contributed by atoms with Crippen LogP contribution in [0.1, 0.15) is 96.3 Å². The van der Waals surface area contributed by atoms with Crippen LogP contribution in [-0.2, 0) is 14.2 Å². The molecule has 0 spiro atoms. The van der Waals surface area contributed by atoms with Gasteiger partial charge in [-0.1, -0.05) is 0 Å². The third-order valence-corrected chi connectivity index (χ3v) is 10.3. The molecule has 0 aromatic carbocycles. The normalized spacial score (nSPS) is 56.4. The third kappa shape index (κ3) is 4.25. The zero-order valence-electron chi connectivity index (χ0n) is 18.8. The highest BCUT2D eigenvalue weighted by molar-refractivity contribution is 4.96. The summed E-state index contributed by atoms with van der Waals surface area (Å²) in [5.41, 5.74) is 0. The van der Waals surface area contributed by atoms with Crippen molar-refractivity contribution in [2.45, 2.75) is 133 Å². The van der Waals surface area contributed by atoms with Gasteiger partial charge >= 0.3 is 0 Å². The monoisotopic (exact) mass is 414 g/mol. The summed E-state index contributed by atoms with van der Waals surface area (Å²) in [6.07, 6.45) is 25.6. The molecule has 30 heavy (non-hydrogen) atoms. The molecule has 3 heterocycles. The Hall–Kier alpha value is -0.120. The Morgan fingerprint density at radius 1 is 0.333 bits per heavy atom. The molecule has 7 fully saturated rings. The van der Waals surface area contributed by atoms with E-state index in [0.717, 1.165) is 35.5 Å². The summed E-state index contributed by atoms with van der Waals surface area (Å²) in [6.45, 7) is 0. The lowest BCUT2D eigenvalue weighted by Crippen LogP contribution is -2.29. The smallest absolute Gasteiger partial charge is 0.0844 e. The van der Waals surface area contributed by atoms with E-state index in [9.17, 15) is 0 Å². The van der Waals surface area contributed by atoms with Crippen LogP contribution >= 0.6 is 0 Å². The van der Waals surface area contributed by atoms with Crippen molar-refractivity contribution < 1.29 is 14.2 Å². The summed E-state index contributed by atoms with van der Waals surface area (Å²) in [6, 6.07) is 0. The molecule has 7 rings (SSSR count). The number of rotatable bonds is 6. The zero-order chi connectivity index (χ0) is 19.7. The van der Waals surface area contributed by atoms with Crippen LogP contribution in [0.5, 0.6) is 0 Å². The molecule has 0 aromatic heterocycles. The molecule has 9 atom stereocenters. The van der Waals surface area contributed by atoms with Crippen molar-refractivity contribution in [3.63, 3.8) is 0 Å².